The van der Waals surface area contributed by atoms with Crippen molar-refractivity contribution in [1.82, 2.24) is 10.7 Å². The minimum atomic E-state index is 0.637. The lowest BCUT2D eigenvalue weighted by Gasteiger charge is -2.23. The predicted molar refractivity (Wildman–Crippen MR) is 94.3 cm³/mol. The molecule has 122 valence electrons. The molecule has 1 aromatic carbocycles. The van der Waals surface area contributed by atoms with E-state index in [9.17, 15) is 0 Å². The zero-order valence-corrected chi connectivity index (χ0v) is 14.3. The third-order valence-electron chi connectivity index (χ3n) is 3.90. The second-order valence-corrected chi connectivity index (χ2v) is 6.20. The molecule has 0 radical (unpaired) electrons. The molecule has 5 nitrogen and oxygen atoms in total. The number of hydrogen-bond donors (Lipinski definition) is 4. The van der Waals surface area contributed by atoms with Gasteiger partial charge in [0.2, 0.25) is 0 Å². The van der Waals surface area contributed by atoms with Gasteiger partial charge >= 0.3 is 0 Å². The van der Waals surface area contributed by atoms with Gasteiger partial charge < -0.3 is 15.0 Å². The summed E-state index contributed by atoms with van der Waals surface area (Å²) in [7, 11) is 0. The SMILES string of the molecule is Cc1ccc(C)c(NNC(=S)NCCC[NH+]2CCOCC2)c1. The summed E-state index contributed by atoms with van der Waals surface area (Å²) in [5.74, 6) is 0. The molecular weight excluding hydrogens is 296 g/mol. The highest BCUT2D eigenvalue weighted by Crippen LogP contribution is 2.14. The first-order valence-electron chi connectivity index (χ1n) is 7.93. The van der Waals surface area contributed by atoms with Crippen molar-refractivity contribution in [3.8, 4) is 0 Å². The first kappa shape index (κ1) is 17.0. The Hall–Kier alpha value is -1.37. The third-order valence-corrected chi connectivity index (χ3v) is 4.14. The molecule has 0 unspecified atom stereocenters. The number of rotatable bonds is 6. The molecule has 0 aliphatic carbocycles. The van der Waals surface area contributed by atoms with E-state index in [2.05, 4.69) is 48.2 Å². The van der Waals surface area contributed by atoms with E-state index in [0.717, 1.165) is 45.0 Å². The molecule has 0 aromatic heterocycles. The zero-order valence-electron chi connectivity index (χ0n) is 13.5. The largest absolute Gasteiger partial charge is 0.370 e. The van der Waals surface area contributed by atoms with Crippen LogP contribution in [0, 0.1) is 13.8 Å². The standard InChI is InChI=1S/C16H26N4OS/c1-13-4-5-14(2)15(12-13)18-19-16(22)17-6-3-7-20-8-10-21-11-9-20/h4-5,12,18H,3,6-11H2,1-2H3,(H2,17,19,22)/p+1. The molecule has 22 heavy (non-hydrogen) atoms. The van der Waals surface area contributed by atoms with Gasteiger partial charge in [-0.05, 0) is 43.3 Å². The van der Waals surface area contributed by atoms with Crippen LogP contribution in [0.4, 0.5) is 5.69 Å². The molecular formula is C16H27N4OS+. The number of aryl methyl sites for hydroxylation is 2. The summed E-state index contributed by atoms with van der Waals surface area (Å²) in [6.07, 6.45) is 1.11. The number of nitrogens with one attached hydrogen (secondary N) is 4. The zero-order chi connectivity index (χ0) is 15.8. The Morgan fingerprint density at radius 2 is 2.05 bits per heavy atom. The van der Waals surface area contributed by atoms with Crippen LogP contribution >= 0.6 is 12.2 Å². The maximum Gasteiger partial charge on any atom is 0.185 e. The van der Waals surface area contributed by atoms with Crippen LogP contribution in [0.25, 0.3) is 0 Å². The fraction of sp³-hybridized carbons (Fsp3) is 0.562. The van der Waals surface area contributed by atoms with E-state index in [4.69, 9.17) is 17.0 Å². The van der Waals surface area contributed by atoms with Crippen molar-refractivity contribution in [3.05, 3.63) is 29.3 Å². The van der Waals surface area contributed by atoms with Gasteiger partial charge in [0, 0.05) is 13.0 Å². The molecule has 1 saturated heterocycles. The first-order chi connectivity index (χ1) is 10.6. The molecule has 0 bridgehead atoms. The summed E-state index contributed by atoms with van der Waals surface area (Å²) < 4.78 is 5.36. The van der Waals surface area contributed by atoms with Gasteiger partial charge in [-0.3, -0.25) is 10.9 Å². The molecule has 1 aromatic rings. The van der Waals surface area contributed by atoms with Crippen LogP contribution in [-0.2, 0) is 4.74 Å². The van der Waals surface area contributed by atoms with Crippen LogP contribution in [0.1, 0.15) is 17.5 Å². The quantitative estimate of drug-likeness (QED) is 0.347. The Kier molecular flexibility index (Phi) is 6.89. The highest BCUT2D eigenvalue weighted by Gasteiger charge is 2.12. The van der Waals surface area contributed by atoms with Gasteiger partial charge in [-0.15, -0.1) is 0 Å². The number of hydrazine groups is 1. The number of quaternary nitrogens is 1. The summed E-state index contributed by atoms with van der Waals surface area (Å²) in [6, 6.07) is 6.30. The van der Waals surface area contributed by atoms with Gasteiger partial charge in [-0.1, -0.05) is 12.1 Å². The van der Waals surface area contributed by atoms with E-state index in [1.54, 1.807) is 4.90 Å². The lowest BCUT2D eigenvalue weighted by atomic mass is 10.1. The van der Waals surface area contributed by atoms with Crippen LogP contribution < -0.4 is 21.1 Å². The lowest BCUT2D eigenvalue weighted by Crippen LogP contribution is -3.14. The van der Waals surface area contributed by atoms with Crippen LogP contribution in [-0.4, -0.2) is 44.5 Å². The van der Waals surface area contributed by atoms with Gasteiger partial charge in [0.1, 0.15) is 13.1 Å². The monoisotopic (exact) mass is 323 g/mol. The number of thiocarbonyl (C=S) groups is 1. The Balaban J connectivity index is 1.60. The van der Waals surface area contributed by atoms with Crippen LogP contribution in [0.15, 0.2) is 18.2 Å². The number of hydrogen-bond acceptors (Lipinski definition) is 3. The normalized spacial score (nSPS) is 15.4. The molecule has 4 N–H and O–H groups in total. The van der Waals surface area contributed by atoms with Crippen LogP contribution in [0.2, 0.25) is 0 Å². The summed E-state index contributed by atoms with van der Waals surface area (Å²) in [5.41, 5.74) is 9.69. The van der Waals surface area contributed by atoms with E-state index in [0.29, 0.717) is 5.11 Å². The van der Waals surface area contributed by atoms with Crippen molar-refractivity contribution < 1.29 is 9.64 Å². The molecule has 6 heteroatoms. The summed E-state index contributed by atoms with van der Waals surface area (Å²) in [5, 5.41) is 3.88. The van der Waals surface area contributed by atoms with E-state index < -0.39 is 0 Å². The van der Waals surface area contributed by atoms with Gasteiger partial charge in [-0.25, -0.2) is 0 Å². The molecule has 1 heterocycles. The highest BCUT2D eigenvalue weighted by molar-refractivity contribution is 7.80. The van der Waals surface area contributed by atoms with E-state index in [1.807, 2.05) is 0 Å². The Morgan fingerprint density at radius 3 is 2.82 bits per heavy atom. The smallest absolute Gasteiger partial charge is 0.185 e. The third kappa shape index (κ3) is 5.79. The fourth-order valence-corrected chi connectivity index (χ4v) is 2.64. The predicted octanol–water partition coefficient (Wildman–Crippen LogP) is 0.400. The fourth-order valence-electron chi connectivity index (χ4n) is 2.49. The second kappa shape index (κ2) is 8.92. The number of morpholine rings is 1. The molecule has 2 rings (SSSR count). The molecule has 0 saturated carbocycles. The number of benzene rings is 1. The van der Waals surface area contributed by atoms with E-state index >= 15 is 0 Å². The Morgan fingerprint density at radius 1 is 1.27 bits per heavy atom. The molecule has 1 aliphatic rings. The van der Waals surface area contributed by atoms with Crippen LogP contribution in [0.5, 0.6) is 0 Å². The Bertz CT molecular complexity index is 489. The van der Waals surface area contributed by atoms with Gasteiger partial charge in [-0.2, -0.15) is 0 Å². The van der Waals surface area contributed by atoms with Crippen LogP contribution in [0.3, 0.4) is 0 Å². The van der Waals surface area contributed by atoms with Crippen molar-refractivity contribution >= 4 is 23.0 Å². The van der Waals surface area contributed by atoms with Gasteiger partial charge in [0.25, 0.3) is 0 Å². The Labute approximate surface area is 138 Å². The first-order valence-corrected chi connectivity index (χ1v) is 8.34. The van der Waals surface area contributed by atoms with Crippen molar-refractivity contribution in [2.24, 2.45) is 0 Å². The van der Waals surface area contributed by atoms with Crippen molar-refractivity contribution in [1.29, 1.82) is 0 Å². The van der Waals surface area contributed by atoms with Crippen molar-refractivity contribution in [2.75, 3.05) is 44.8 Å². The maximum absolute atomic E-state index is 5.36. The average molecular weight is 323 g/mol. The maximum atomic E-state index is 5.36. The second-order valence-electron chi connectivity index (χ2n) is 5.79. The van der Waals surface area contributed by atoms with Gasteiger partial charge in [0.05, 0.1) is 25.4 Å². The van der Waals surface area contributed by atoms with Gasteiger partial charge in [0.15, 0.2) is 5.11 Å². The molecule has 1 aliphatic heterocycles. The summed E-state index contributed by atoms with van der Waals surface area (Å²) >= 11 is 5.29. The summed E-state index contributed by atoms with van der Waals surface area (Å²) in [6.45, 7) is 10.2. The van der Waals surface area contributed by atoms with E-state index in [-0.39, 0.29) is 0 Å². The van der Waals surface area contributed by atoms with Crippen molar-refractivity contribution in [3.63, 3.8) is 0 Å². The lowest BCUT2D eigenvalue weighted by molar-refractivity contribution is -0.908. The van der Waals surface area contributed by atoms with Crippen molar-refractivity contribution in [2.45, 2.75) is 20.3 Å². The molecule has 0 amide bonds. The summed E-state index contributed by atoms with van der Waals surface area (Å²) in [4.78, 5) is 1.63. The minimum Gasteiger partial charge on any atom is -0.370 e. The highest BCUT2D eigenvalue weighted by atomic mass is 32.1. The number of anilines is 1. The average Bonchev–Trinajstić information content (AvgIpc) is 2.53. The molecule has 0 spiro atoms. The topological polar surface area (TPSA) is 49.8 Å². The molecule has 0 atom stereocenters. The van der Waals surface area contributed by atoms with E-state index in [1.165, 1.54) is 17.7 Å². The minimum absolute atomic E-state index is 0.637. The number of ether oxygens (including phenoxy) is 1. The molecule has 1 fully saturated rings.